The van der Waals surface area contributed by atoms with E-state index in [1.165, 1.54) is 17.7 Å². The second kappa shape index (κ2) is 14.6. The molecule has 0 atom stereocenters. The first kappa shape index (κ1) is 33.9. The molecule has 4 aromatic rings. The first-order valence-corrected chi connectivity index (χ1v) is 16.1. The van der Waals surface area contributed by atoms with E-state index in [0.717, 1.165) is 29.0 Å². The Bertz CT molecular complexity index is 1740. The number of benzene rings is 3. The average molecular weight is 663 g/mol. The Morgan fingerprint density at radius 2 is 1.91 bits per heavy atom. The lowest BCUT2D eigenvalue weighted by atomic mass is 10.1. The number of ether oxygens (including phenoxy) is 2. The first-order chi connectivity index (χ1) is 22.4. The van der Waals surface area contributed by atoms with Crippen molar-refractivity contribution in [2.75, 3.05) is 58.9 Å². The minimum Gasteiger partial charge on any atom is -0.493 e. The number of nitrogens with one attached hydrogen (secondary N) is 1. The first-order valence-electron chi connectivity index (χ1n) is 15.8. The van der Waals surface area contributed by atoms with Gasteiger partial charge in [-0.25, -0.2) is 4.39 Å². The SMILES string of the molecule is Cc1cccc(OCCCC(=O)N2CCOc3c(-c4cnn(Cc5c(F)cc(C(=O)NCC[N+](C)(C)C)cc5Cl)c4)cccc32)c1C. The van der Waals surface area contributed by atoms with Crippen LogP contribution < -0.4 is 19.7 Å². The molecule has 3 aromatic carbocycles. The Morgan fingerprint density at radius 1 is 1.13 bits per heavy atom. The van der Waals surface area contributed by atoms with Crippen LogP contribution in [0.5, 0.6) is 11.5 Å². The number of anilines is 1. The standard InChI is InChI=1S/C36H41ClFN5O4/c1-24-9-6-12-33(25(24)2)46-17-8-13-34(44)42-15-18-47-35-28(10-7-11-32(35)42)27-21-40-41(22-27)23-29-30(37)19-26(20-31(29)38)36(45)39-14-16-43(3,4)5/h6-7,9-12,19-22H,8,13-18,23H2,1-5H3/p+1. The molecule has 0 unspecified atom stereocenters. The summed E-state index contributed by atoms with van der Waals surface area (Å²) in [5.74, 6) is 0.487. The number of hydrogen-bond acceptors (Lipinski definition) is 5. The molecule has 9 nitrogen and oxygen atoms in total. The molecule has 0 saturated heterocycles. The topological polar surface area (TPSA) is 85.7 Å². The zero-order valence-corrected chi connectivity index (χ0v) is 28.4. The smallest absolute Gasteiger partial charge is 0.251 e. The van der Waals surface area contributed by atoms with Gasteiger partial charge in [0.2, 0.25) is 5.91 Å². The molecule has 1 aromatic heterocycles. The van der Waals surface area contributed by atoms with Crippen molar-refractivity contribution < 1.29 is 27.9 Å². The third-order valence-corrected chi connectivity index (χ3v) is 8.57. The van der Waals surface area contributed by atoms with Crippen LogP contribution in [0.25, 0.3) is 11.1 Å². The maximum atomic E-state index is 15.2. The molecule has 5 rings (SSSR count). The second-order valence-corrected chi connectivity index (χ2v) is 13.2. The molecule has 0 spiro atoms. The normalized spacial score (nSPS) is 12.8. The second-order valence-electron chi connectivity index (χ2n) is 12.8. The number of likely N-dealkylation sites (N-methyl/N-ethyl adjacent to an activating group) is 1. The molecule has 1 N–H and O–H groups in total. The van der Waals surface area contributed by atoms with E-state index in [-0.39, 0.29) is 34.5 Å². The molecule has 11 heteroatoms. The molecular formula is C36H42ClFN5O4+. The maximum Gasteiger partial charge on any atom is 0.251 e. The number of carbonyl (C=O) groups is 2. The molecule has 0 aliphatic carbocycles. The molecule has 248 valence electrons. The number of quaternary nitrogens is 1. The fraction of sp³-hybridized carbons (Fsp3) is 0.361. The van der Waals surface area contributed by atoms with Crippen molar-refractivity contribution >= 4 is 29.1 Å². The summed E-state index contributed by atoms with van der Waals surface area (Å²) in [6.07, 6.45) is 4.39. The minimum absolute atomic E-state index is 0.00238. The number of fused-ring (bicyclic) bond motifs is 1. The Balaban J connectivity index is 1.24. The average Bonchev–Trinajstić information content (AvgIpc) is 3.50. The molecular weight excluding hydrogens is 621 g/mol. The van der Waals surface area contributed by atoms with Gasteiger partial charge in [0.25, 0.3) is 5.91 Å². The highest BCUT2D eigenvalue weighted by molar-refractivity contribution is 6.31. The predicted molar refractivity (Wildman–Crippen MR) is 182 cm³/mol. The van der Waals surface area contributed by atoms with Crippen molar-refractivity contribution in [3.8, 4) is 22.6 Å². The van der Waals surface area contributed by atoms with Crippen LogP contribution in [0, 0.1) is 19.7 Å². The van der Waals surface area contributed by atoms with Crippen LogP contribution >= 0.6 is 11.6 Å². The summed E-state index contributed by atoms with van der Waals surface area (Å²) in [6, 6.07) is 14.3. The number of para-hydroxylation sites is 1. The molecule has 0 bridgehead atoms. The number of halogens is 2. The number of amides is 2. The van der Waals surface area contributed by atoms with Gasteiger partial charge in [0.1, 0.15) is 18.2 Å². The van der Waals surface area contributed by atoms with Crippen molar-refractivity contribution in [3.63, 3.8) is 0 Å². The zero-order chi connectivity index (χ0) is 33.7. The van der Waals surface area contributed by atoms with Gasteiger partial charge in [-0.3, -0.25) is 14.3 Å². The number of carbonyl (C=O) groups excluding carboxylic acids is 2. The van der Waals surface area contributed by atoms with Crippen LogP contribution in [0.2, 0.25) is 5.02 Å². The van der Waals surface area contributed by atoms with Crippen molar-refractivity contribution in [2.24, 2.45) is 0 Å². The Morgan fingerprint density at radius 3 is 2.68 bits per heavy atom. The highest BCUT2D eigenvalue weighted by Crippen LogP contribution is 2.41. The molecule has 0 saturated carbocycles. The lowest BCUT2D eigenvalue weighted by Gasteiger charge is -2.31. The highest BCUT2D eigenvalue weighted by atomic mass is 35.5. The molecule has 1 aliphatic rings. The summed E-state index contributed by atoms with van der Waals surface area (Å²) in [6.45, 7) is 6.60. The third-order valence-electron chi connectivity index (χ3n) is 8.23. The van der Waals surface area contributed by atoms with Gasteiger partial charge >= 0.3 is 0 Å². The van der Waals surface area contributed by atoms with E-state index >= 15 is 4.39 Å². The van der Waals surface area contributed by atoms with Gasteiger partial charge in [0, 0.05) is 39.9 Å². The molecule has 2 amide bonds. The number of aryl methyl sites for hydroxylation is 1. The van der Waals surface area contributed by atoms with Gasteiger partial charge < -0.3 is 24.2 Å². The van der Waals surface area contributed by atoms with Gasteiger partial charge in [-0.05, 0) is 55.7 Å². The van der Waals surface area contributed by atoms with Crippen LogP contribution in [0.1, 0.15) is 39.9 Å². The largest absolute Gasteiger partial charge is 0.493 e. The fourth-order valence-corrected chi connectivity index (χ4v) is 5.67. The molecule has 47 heavy (non-hydrogen) atoms. The van der Waals surface area contributed by atoms with E-state index < -0.39 is 5.82 Å². The Kier molecular flexibility index (Phi) is 10.5. The summed E-state index contributed by atoms with van der Waals surface area (Å²) in [5.41, 5.74) is 4.90. The number of nitrogens with zero attached hydrogens (tertiary/aromatic N) is 4. The monoisotopic (exact) mass is 662 g/mol. The summed E-state index contributed by atoms with van der Waals surface area (Å²) in [7, 11) is 6.09. The van der Waals surface area contributed by atoms with Gasteiger partial charge in [-0.15, -0.1) is 0 Å². The van der Waals surface area contributed by atoms with Crippen molar-refractivity contribution in [3.05, 3.63) is 94.0 Å². The van der Waals surface area contributed by atoms with Gasteiger partial charge in [0.15, 0.2) is 5.75 Å². The van der Waals surface area contributed by atoms with E-state index in [9.17, 15) is 9.59 Å². The van der Waals surface area contributed by atoms with Crippen LogP contribution in [-0.2, 0) is 11.3 Å². The maximum absolute atomic E-state index is 15.2. The van der Waals surface area contributed by atoms with Crippen molar-refractivity contribution in [1.29, 1.82) is 0 Å². The molecule has 2 heterocycles. The summed E-state index contributed by atoms with van der Waals surface area (Å²) in [4.78, 5) is 27.6. The predicted octanol–water partition coefficient (Wildman–Crippen LogP) is 6.03. The van der Waals surface area contributed by atoms with Crippen LogP contribution in [-0.4, -0.2) is 80.1 Å². The summed E-state index contributed by atoms with van der Waals surface area (Å²) in [5, 5.41) is 7.41. The van der Waals surface area contributed by atoms with E-state index in [4.69, 9.17) is 21.1 Å². The van der Waals surface area contributed by atoms with E-state index in [1.54, 1.807) is 22.0 Å². The Hall–Kier alpha value is -4.41. The lowest BCUT2D eigenvalue weighted by molar-refractivity contribution is -0.869. The van der Waals surface area contributed by atoms with Crippen LogP contribution in [0.15, 0.2) is 60.9 Å². The fourth-order valence-electron chi connectivity index (χ4n) is 5.40. The zero-order valence-electron chi connectivity index (χ0n) is 27.6. The van der Waals surface area contributed by atoms with Gasteiger partial charge in [0.05, 0.1) is 65.8 Å². The van der Waals surface area contributed by atoms with Gasteiger partial charge in [-0.2, -0.15) is 5.10 Å². The van der Waals surface area contributed by atoms with Crippen LogP contribution in [0.4, 0.5) is 10.1 Å². The molecule has 0 radical (unpaired) electrons. The summed E-state index contributed by atoms with van der Waals surface area (Å²) < 4.78 is 29.5. The Labute approximate surface area is 280 Å². The van der Waals surface area contributed by atoms with Crippen molar-refractivity contribution in [1.82, 2.24) is 15.1 Å². The highest BCUT2D eigenvalue weighted by Gasteiger charge is 2.26. The van der Waals surface area contributed by atoms with E-state index in [2.05, 4.69) is 10.4 Å². The van der Waals surface area contributed by atoms with Crippen molar-refractivity contribution in [2.45, 2.75) is 33.2 Å². The van der Waals surface area contributed by atoms with Crippen LogP contribution in [0.3, 0.4) is 0 Å². The molecule has 0 fully saturated rings. The van der Waals surface area contributed by atoms with Gasteiger partial charge in [-0.1, -0.05) is 35.9 Å². The quantitative estimate of drug-likeness (QED) is 0.148. The number of hydrogen-bond donors (Lipinski definition) is 1. The third kappa shape index (κ3) is 8.31. The number of aromatic nitrogens is 2. The summed E-state index contributed by atoms with van der Waals surface area (Å²) >= 11 is 6.46. The van der Waals surface area contributed by atoms with E-state index in [1.807, 2.05) is 71.4 Å². The molecule has 1 aliphatic heterocycles. The lowest BCUT2D eigenvalue weighted by Crippen LogP contribution is -2.41. The van der Waals surface area contributed by atoms with E-state index in [0.29, 0.717) is 55.1 Å². The number of rotatable bonds is 12. The minimum atomic E-state index is -0.583.